The number of aromatic hydroxyl groups is 1. The van der Waals surface area contributed by atoms with E-state index in [-0.39, 0.29) is 30.3 Å². The van der Waals surface area contributed by atoms with Gasteiger partial charge in [0.15, 0.2) is 30.5 Å². The molecule has 178 valence electrons. The molecule has 0 aliphatic rings. The maximum atomic E-state index is 12.5. The second-order valence-corrected chi connectivity index (χ2v) is 7.28. The number of carbonyl (C=O) groups is 4. The minimum atomic E-state index is -0.807. The molecule has 1 rings (SSSR count). The second kappa shape index (κ2) is 12.4. The summed E-state index contributed by atoms with van der Waals surface area (Å²) in [4.78, 5) is 47.4. The van der Waals surface area contributed by atoms with Crippen LogP contribution in [0.3, 0.4) is 0 Å². The average Bonchev–Trinajstić information content (AvgIpc) is 2.68. The Morgan fingerprint density at radius 1 is 0.906 bits per heavy atom. The molecule has 1 amide bonds. The van der Waals surface area contributed by atoms with Crippen LogP contribution in [-0.4, -0.2) is 67.5 Å². The van der Waals surface area contributed by atoms with Crippen molar-refractivity contribution in [2.24, 2.45) is 0 Å². The van der Waals surface area contributed by atoms with Gasteiger partial charge in [0.25, 0.3) is 0 Å². The molecule has 2 N–H and O–H groups in total. The van der Waals surface area contributed by atoms with E-state index in [0.717, 1.165) is 12.1 Å². The van der Waals surface area contributed by atoms with Gasteiger partial charge in [0.2, 0.25) is 0 Å². The third kappa shape index (κ3) is 9.54. The predicted molar refractivity (Wildman–Crippen MR) is 111 cm³/mol. The Morgan fingerprint density at radius 2 is 1.41 bits per heavy atom. The number of amides is 1. The number of Topliss-reactive ketones (excluding diaryl/α,β-unsaturated/α-hetero) is 1. The van der Waals surface area contributed by atoms with Gasteiger partial charge in [-0.2, -0.15) is 0 Å². The maximum Gasteiger partial charge on any atom is 0.408 e. The van der Waals surface area contributed by atoms with Gasteiger partial charge in [-0.25, -0.2) is 14.4 Å². The van der Waals surface area contributed by atoms with E-state index in [1.54, 1.807) is 34.6 Å². The lowest BCUT2D eigenvalue weighted by atomic mass is 10.1. The highest BCUT2D eigenvalue weighted by Gasteiger charge is 2.21. The Balaban J connectivity index is 3.01. The molecular weight excluding hydrogens is 426 g/mol. The molecule has 11 heteroatoms. The summed E-state index contributed by atoms with van der Waals surface area (Å²) in [5, 5.41) is 12.6. The van der Waals surface area contributed by atoms with Crippen molar-refractivity contribution < 1.29 is 48.0 Å². The van der Waals surface area contributed by atoms with Gasteiger partial charge in [-0.3, -0.25) is 4.79 Å². The third-order valence-corrected chi connectivity index (χ3v) is 3.46. The molecule has 0 spiro atoms. The summed E-state index contributed by atoms with van der Waals surface area (Å²) >= 11 is 0. The van der Waals surface area contributed by atoms with Gasteiger partial charge in [0.05, 0.1) is 25.3 Å². The number of carbonyl (C=O) groups excluding carboxylic acids is 4. The third-order valence-electron chi connectivity index (χ3n) is 3.46. The molecule has 0 unspecified atom stereocenters. The second-order valence-electron chi connectivity index (χ2n) is 7.28. The molecular formula is C21H29NO10. The van der Waals surface area contributed by atoms with E-state index in [9.17, 15) is 24.3 Å². The quantitative estimate of drug-likeness (QED) is 0.288. The number of benzene rings is 1. The number of alkyl carbamates (subject to hydrolysis) is 1. The Kier molecular flexibility index (Phi) is 10.3. The molecule has 0 fully saturated rings. The highest BCUT2D eigenvalue weighted by Crippen LogP contribution is 2.35. The first-order chi connectivity index (χ1) is 15.0. The van der Waals surface area contributed by atoms with Crippen LogP contribution in [0.5, 0.6) is 17.2 Å². The number of phenols is 1. The van der Waals surface area contributed by atoms with Crippen LogP contribution in [-0.2, 0) is 23.8 Å². The van der Waals surface area contributed by atoms with E-state index in [1.807, 2.05) is 0 Å². The summed E-state index contributed by atoms with van der Waals surface area (Å²) in [7, 11) is 0. The van der Waals surface area contributed by atoms with Crippen molar-refractivity contribution in [1.82, 2.24) is 5.32 Å². The zero-order valence-corrected chi connectivity index (χ0v) is 18.8. The van der Waals surface area contributed by atoms with Crippen LogP contribution >= 0.6 is 0 Å². The van der Waals surface area contributed by atoms with Gasteiger partial charge in [-0.1, -0.05) is 0 Å². The number of esters is 2. The van der Waals surface area contributed by atoms with Gasteiger partial charge >= 0.3 is 18.0 Å². The average molecular weight is 455 g/mol. The van der Waals surface area contributed by atoms with Crippen LogP contribution in [0.15, 0.2) is 12.1 Å². The fraction of sp³-hybridized carbons (Fsp3) is 0.524. The number of ether oxygens (including phenoxy) is 5. The van der Waals surface area contributed by atoms with E-state index < -0.39 is 54.9 Å². The van der Waals surface area contributed by atoms with Crippen LogP contribution < -0.4 is 14.8 Å². The van der Waals surface area contributed by atoms with Crippen molar-refractivity contribution in [3.8, 4) is 17.2 Å². The van der Waals surface area contributed by atoms with Crippen LogP contribution in [0, 0.1) is 0 Å². The first-order valence-corrected chi connectivity index (χ1v) is 9.90. The van der Waals surface area contributed by atoms with Gasteiger partial charge in [0.1, 0.15) is 11.4 Å². The number of nitrogens with one attached hydrogen (secondary N) is 1. The Bertz CT molecular complexity index is 829. The minimum absolute atomic E-state index is 0.0965. The van der Waals surface area contributed by atoms with Crippen molar-refractivity contribution >= 4 is 23.8 Å². The van der Waals surface area contributed by atoms with Gasteiger partial charge in [-0.05, 0) is 40.7 Å². The molecule has 0 saturated carbocycles. The Hall–Kier alpha value is -3.50. The molecule has 1 aromatic rings. The number of phenolic OH excluding ortho intramolecular Hbond substituents is 1. The number of hydrogen-bond donors (Lipinski definition) is 2. The van der Waals surface area contributed by atoms with Crippen LogP contribution in [0.25, 0.3) is 0 Å². The number of rotatable bonds is 11. The molecule has 0 atom stereocenters. The van der Waals surface area contributed by atoms with Crippen LogP contribution in [0.4, 0.5) is 4.79 Å². The van der Waals surface area contributed by atoms with E-state index in [2.05, 4.69) is 5.32 Å². The topological polar surface area (TPSA) is 147 Å². The zero-order chi connectivity index (χ0) is 24.3. The lowest BCUT2D eigenvalue weighted by Crippen LogP contribution is -2.35. The molecule has 0 saturated heterocycles. The minimum Gasteiger partial charge on any atom is -0.507 e. The van der Waals surface area contributed by atoms with Crippen molar-refractivity contribution in [2.45, 2.75) is 40.2 Å². The van der Waals surface area contributed by atoms with E-state index in [1.165, 1.54) is 0 Å². The van der Waals surface area contributed by atoms with Crippen molar-refractivity contribution in [1.29, 1.82) is 0 Å². The lowest BCUT2D eigenvalue weighted by Gasteiger charge is -2.19. The zero-order valence-electron chi connectivity index (χ0n) is 18.8. The van der Waals surface area contributed by atoms with E-state index >= 15 is 0 Å². The molecule has 0 heterocycles. The van der Waals surface area contributed by atoms with Crippen molar-refractivity contribution in [3.63, 3.8) is 0 Å². The predicted octanol–water partition coefficient (Wildman–Crippen LogP) is 1.98. The molecule has 32 heavy (non-hydrogen) atoms. The fourth-order valence-electron chi connectivity index (χ4n) is 2.24. The molecule has 0 aliphatic carbocycles. The first kappa shape index (κ1) is 26.5. The SMILES string of the molecule is CCOC(=O)COc1cc(O)c(C(=O)CNC(=O)OC(C)(C)C)cc1OCC(=O)OCC. The highest BCUT2D eigenvalue weighted by molar-refractivity contribution is 6.01. The molecule has 0 bridgehead atoms. The number of hydrogen-bond acceptors (Lipinski definition) is 10. The monoisotopic (exact) mass is 455 g/mol. The molecule has 0 aromatic heterocycles. The molecule has 1 aromatic carbocycles. The van der Waals surface area contributed by atoms with Gasteiger partial charge in [0, 0.05) is 6.07 Å². The summed E-state index contributed by atoms with van der Waals surface area (Å²) in [6.45, 7) is 7.09. The summed E-state index contributed by atoms with van der Waals surface area (Å²) in [6.07, 6.45) is -0.807. The maximum absolute atomic E-state index is 12.5. The highest BCUT2D eigenvalue weighted by atomic mass is 16.6. The lowest BCUT2D eigenvalue weighted by molar-refractivity contribution is -0.146. The van der Waals surface area contributed by atoms with Crippen molar-refractivity contribution in [3.05, 3.63) is 17.7 Å². The van der Waals surface area contributed by atoms with Crippen molar-refractivity contribution in [2.75, 3.05) is 33.0 Å². The smallest absolute Gasteiger partial charge is 0.408 e. The molecule has 0 aliphatic heterocycles. The van der Waals surface area contributed by atoms with E-state index in [0.29, 0.717) is 0 Å². The molecule has 11 nitrogen and oxygen atoms in total. The van der Waals surface area contributed by atoms with Crippen LogP contribution in [0.1, 0.15) is 45.0 Å². The van der Waals surface area contributed by atoms with E-state index in [4.69, 9.17) is 23.7 Å². The number of ketones is 1. The summed E-state index contributed by atoms with van der Waals surface area (Å²) in [5.74, 6) is -2.67. The summed E-state index contributed by atoms with van der Waals surface area (Å²) < 4.78 is 25.3. The summed E-state index contributed by atoms with van der Waals surface area (Å²) in [6, 6.07) is 2.19. The normalized spacial score (nSPS) is 10.7. The molecule has 0 radical (unpaired) electrons. The summed E-state index contributed by atoms with van der Waals surface area (Å²) in [5.41, 5.74) is -0.954. The largest absolute Gasteiger partial charge is 0.507 e. The Labute approximate surface area is 185 Å². The van der Waals surface area contributed by atoms with Gasteiger partial charge in [-0.15, -0.1) is 0 Å². The van der Waals surface area contributed by atoms with Crippen LogP contribution in [0.2, 0.25) is 0 Å². The Morgan fingerprint density at radius 3 is 1.88 bits per heavy atom. The standard InChI is InChI=1S/C21H29NO10/c1-6-28-18(25)11-30-16-8-13(15(24)10-22-20(27)32-21(3,4)5)14(23)9-17(16)31-12-19(26)29-7-2/h8-9,23H,6-7,10-12H2,1-5H3,(H,22,27). The van der Waals surface area contributed by atoms with Gasteiger partial charge < -0.3 is 34.1 Å². The fourth-order valence-corrected chi connectivity index (χ4v) is 2.24. The first-order valence-electron chi connectivity index (χ1n) is 9.90.